The van der Waals surface area contributed by atoms with Gasteiger partial charge in [0.05, 0.1) is 43.4 Å². The highest BCUT2D eigenvalue weighted by molar-refractivity contribution is 8.93. The van der Waals surface area contributed by atoms with E-state index in [9.17, 15) is 0 Å². The summed E-state index contributed by atoms with van der Waals surface area (Å²) >= 11 is 0. The molecule has 1 aliphatic rings. The van der Waals surface area contributed by atoms with Crippen molar-refractivity contribution in [3.05, 3.63) is 48.5 Å². The zero-order valence-corrected chi connectivity index (χ0v) is 22.8. The fraction of sp³-hybridized carbons (Fsp3) is 0.500. The summed E-state index contributed by atoms with van der Waals surface area (Å²) in [6.45, 7) is 10.7. The number of pyridine rings is 1. The summed E-state index contributed by atoms with van der Waals surface area (Å²) in [5, 5.41) is 6.19. The Kier molecular flexibility index (Phi) is 10.9. The smallest absolute Gasteiger partial charge is 0.0914 e. The van der Waals surface area contributed by atoms with Gasteiger partial charge in [-0.2, -0.15) is 0 Å². The molecule has 6 heteroatoms. The van der Waals surface area contributed by atoms with Gasteiger partial charge in [0.25, 0.3) is 0 Å². The molecule has 176 valence electrons. The summed E-state index contributed by atoms with van der Waals surface area (Å²) in [7, 11) is 2.46. The monoisotopic (exact) mass is 564 g/mol. The van der Waals surface area contributed by atoms with E-state index in [1.165, 1.54) is 79.3 Å². The number of nitrogens with one attached hydrogen (secondary N) is 1. The molecule has 0 bridgehead atoms. The zero-order valence-electron chi connectivity index (χ0n) is 19.5. The van der Waals surface area contributed by atoms with Crippen molar-refractivity contribution in [3.63, 3.8) is 0 Å². The third-order valence-corrected chi connectivity index (χ3v) is 6.78. The quantitative estimate of drug-likeness (QED) is 0.246. The van der Waals surface area contributed by atoms with Gasteiger partial charge in [0.1, 0.15) is 0 Å². The molecule has 0 spiro atoms. The van der Waals surface area contributed by atoms with E-state index in [0.29, 0.717) is 0 Å². The molecule has 1 aromatic heterocycles. The molecule has 1 N–H and O–H groups in total. The number of rotatable bonds is 9. The van der Waals surface area contributed by atoms with Gasteiger partial charge in [-0.05, 0) is 25.0 Å². The first-order valence-corrected chi connectivity index (χ1v) is 11.8. The van der Waals surface area contributed by atoms with E-state index in [1.54, 1.807) is 0 Å². The van der Waals surface area contributed by atoms with Crippen LogP contribution in [0.2, 0.25) is 0 Å². The predicted molar refractivity (Wildman–Crippen MR) is 139 cm³/mol. The van der Waals surface area contributed by atoms with E-state index in [0.717, 1.165) is 24.1 Å². The van der Waals surface area contributed by atoms with Gasteiger partial charge in [-0.15, -0.1) is 17.0 Å². The lowest BCUT2D eigenvalue weighted by atomic mass is 10.1. The third-order valence-electron chi connectivity index (χ3n) is 6.78. The number of hydrogen-bond acceptors (Lipinski definition) is 3. The average molecular weight is 566 g/mol. The summed E-state index contributed by atoms with van der Waals surface area (Å²) in [6.07, 6.45) is 5.49. The Hall–Kier alpha value is -1.21. The Bertz CT molecular complexity index is 916. The molecule has 3 aromatic rings. The second kappa shape index (κ2) is 12.9. The number of halogens is 2. The lowest BCUT2D eigenvalue weighted by molar-refractivity contribution is -0.913. The lowest BCUT2D eigenvalue weighted by Gasteiger charge is -2.42. The van der Waals surface area contributed by atoms with Crippen molar-refractivity contribution < 1.29 is 21.5 Å². The van der Waals surface area contributed by atoms with Crippen LogP contribution in [0.15, 0.2) is 48.5 Å². The Morgan fingerprint density at radius 2 is 1.50 bits per heavy atom. The normalized spacial score (nSPS) is 15.8. The Morgan fingerprint density at radius 3 is 2.09 bits per heavy atom. The summed E-state index contributed by atoms with van der Waals surface area (Å²) in [4.78, 5) is 7.47. The molecule has 1 fully saturated rings. The van der Waals surface area contributed by atoms with Gasteiger partial charge in [0, 0.05) is 37.0 Å². The Morgan fingerprint density at radius 1 is 0.906 bits per heavy atom. The van der Waals surface area contributed by atoms with Crippen LogP contribution in [0.4, 0.5) is 5.69 Å². The molecule has 0 atom stereocenters. The predicted octanol–water partition coefficient (Wildman–Crippen LogP) is 2.72. The number of aromatic nitrogens is 1. The first-order valence-electron chi connectivity index (χ1n) is 11.8. The van der Waals surface area contributed by atoms with Gasteiger partial charge in [-0.25, -0.2) is 4.98 Å². The zero-order chi connectivity index (χ0) is 20.8. The van der Waals surface area contributed by atoms with E-state index >= 15 is 0 Å². The standard InChI is InChI=1S/C26H37N4.2BrH/c1-3-4-5-10-19-30(2)20-17-29(18-21-30)16-15-27-26-22-11-6-8-13-24(22)28-25-14-9-7-12-23(25)26;;/h6-9,11-14H,3-5,10,15-21H2,1-2H3,(H,27,28);2*1H/q+1;;/p-1. The molecular weight excluding hydrogens is 528 g/mol. The highest BCUT2D eigenvalue weighted by Gasteiger charge is 2.27. The highest BCUT2D eigenvalue weighted by Crippen LogP contribution is 2.30. The molecule has 32 heavy (non-hydrogen) atoms. The summed E-state index contributed by atoms with van der Waals surface area (Å²) in [5.41, 5.74) is 3.35. The number of hydrogen-bond donors (Lipinski definition) is 1. The fourth-order valence-corrected chi connectivity index (χ4v) is 4.73. The number of likely N-dealkylation sites (N-methyl/N-ethyl adjacent to an activating group) is 1. The number of unbranched alkanes of at least 4 members (excludes halogenated alkanes) is 3. The van der Waals surface area contributed by atoms with Crippen LogP contribution in [0.3, 0.4) is 0 Å². The number of nitrogens with zero attached hydrogens (tertiary/aromatic N) is 3. The van der Waals surface area contributed by atoms with Gasteiger partial charge in [-0.3, -0.25) is 4.90 Å². The van der Waals surface area contributed by atoms with Crippen molar-refractivity contribution >= 4 is 44.5 Å². The first-order chi connectivity index (χ1) is 14.7. The largest absolute Gasteiger partial charge is 1.00 e. The maximum Gasteiger partial charge on any atom is 0.0914 e. The van der Waals surface area contributed by atoms with Gasteiger partial charge in [0.15, 0.2) is 0 Å². The molecule has 0 aliphatic carbocycles. The molecule has 0 saturated carbocycles. The van der Waals surface area contributed by atoms with Gasteiger partial charge in [0.2, 0.25) is 0 Å². The molecular formula is C26H38Br2N4. The molecule has 0 unspecified atom stereocenters. The highest BCUT2D eigenvalue weighted by atomic mass is 79.9. The lowest BCUT2D eigenvalue weighted by Crippen LogP contribution is -3.00. The van der Waals surface area contributed by atoms with Gasteiger partial charge in [-0.1, -0.05) is 56.2 Å². The summed E-state index contributed by atoms with van der Waals surface area (Å²) in [6, 6.07) is 16.9. The van der Waals surface area contributed by atoms with Crippen LogP contribution in [0.25, 0.3) is 21.8 Å². The van der Waals surface area contributed by atoms with Gasteiger partial charge >= 0.3 is 0 Å². The SMILES string of the molecule is Br.CCCCCC[N+]1(C)CCN(CCNc2c3ccccc3nc3ccccc23)CC1.[Br-]. The van der Waals surface area contributed by atoms with E-state index in [4.69, 9.17) is 4.98 Å². The van der Waals surface area contributed by atoms with Crippen LogP contribution in [0.5, 0.6) is 0 Å². The molecule has 0 amide bonds. The maximum atomic E-state index is 4.84. The molecule has 0 radical (unpaired) electrons. The van der Waals surface area contributed by atoms with Crippen molar-refractivity contribution in [2.45, 2.75) is 32.6 Å². The van der Waals surface area contributed by atoms with Crippen LogP contribution in [0, 0.1) is 0 Å². The van der Waals surface area contributed by atoms with Crippen LogP contribution in [-0.4, -0.2) is 67.2 Å². The van der Waals surface area contributed by atoms with E-state index in [2.05, 4.69) is 72.7 Å². The maximum absolute atomic E-state index is 4.84. The summed E-state index contributed by atoms with van der Waals surface area (Å²) in [5.74, 6) is 0. The minimum absolute atomic E-state index is 0. The molecule has 4 nitrogen and oxygen atoms in total. The number of anilines is 1. The first kappa shape index (κ1) is 27.0. The number of fused-ring (bicyclic) bond motifs is 2. The molecule has 1 aliphatic heterocycles. The Labute approximate surface area is 214 Å². The average Bonchev–Trinajstić information content (AvgIpc) is 2.78. The van der Waals surface area contributed by atoms with Crippen LogP contribution in [0.1, 0.15) is 32.6 Å². The van der Waals surface area contributed by atoms with Gasteiger partial charge < -0.3 is 26.8 Å². The molecule has 4 rings (SSSR count). The number of quaternary nitrogens is 1. The fourth-order valence-electron chi connectivity index (χ4n) is 4.73. The van der Waals surface area contributed by atoms with Crippen LogP contribution in [-0.2, 0) is 0 Å². The minimum atomic E-state index is 0. The van der Waals surface area contributed by atoms with Crippen molar-refractivity contribution in [2.24, 2.45) is 0 Å². The minimum Gasteiger partial charge on any atom is -1.00 e. The van der Waals surface area contributed by atoms with Crippen LogP contribution >= 0.6 is 17.0 Å². The van der Waals surface area contributed by atoms with E-state index < -0.39 is 0 Å². The van der Waals surface area contributed by atoms with E-state index in [1.807, 2.05) is 0 Å². The third kappa shape index (κ3) is 6.66. The van der Waals surface area contributed by atoms with Crippen molar-refractivity contribution in [2.75, 3.05) is 58.2 Å². The summed E-state index contributed by atoms with van der Waals surface area (Å²) < 4.78 is 1.26. The van der Waals surface area contributed by atoms with E-state index in [-0.39, 0.29) is 34.0 Å². The molecule has 2 heterocycles. The van der Waals surface area contributed by atoms with Crippen LogP contribution < -0.4 is 22.3 Å². The Balaban J connectivity index is 0.00000181. The van der Waals surface area contributed by atoms with Crippen molar-refractivity contribution in [1.82, 2.24) is 9.88 Å². The number of para-hydroxylation sites is 2. The number of benzene rings is 2. The number of piperazine rings is 1. The van der Waals surface area contributed by atoms with Crippen molar-refractivity contribution in [1.29, 1.82) is 0 Å². The molecule has 2 aromatic carbocycles. The second-order valence-electron chi connectivity index (χ2n) is 9.14. The topological polar surface area (TPSA) is 28.2 Å². The second-order valence-corrected chi connectivity index (χ2v) is 9.14. The van der Waals surface area contributed by atoms with Crippen molar-refractivity contribution in [3.8, 4) is 0 Å². The molecule has 1 saturated heterocycles.